The van der Waals surface area contributed by atoms with Crippen LogP contribution in [0.3, 0.4) is 0 Å². The van der Waals surface area contributed by atoms with Crippen molar-refractivity contribution in [1.29, 1.82) is 5.41 Å². The summed E-state index contributed by atoms with van der Waals surface area (Å²) in [6.07, 6.45) is 13.3. The largest absolute Gasteiger partial charge is 0.493 e. The summed E-state index contributed by atoms with van der Waals surface area (Å²) < 4.78 is 46.6. The molecule has 0 unspecified atom stereocenters. The normalized spacial score (nSPS) is 11.1. The van der Waals surface area contributed by atoms with Crippen LogP contribution in [0.5, 0.6) is 5.75 Å². The molecule has 7 heteroatoms. The molecule has 0 aliphatic heterocycles. The number of aryl methyl sites for hydroxylation is 1. The summed E-state index contributed by atoms with van der Waals surface area (Å²) in [5, 5.41) is 7.97. The Kier molecular flexibility index (Phi) is 14.3. The highest BCUT2D eigenvalue weighted by molar-refractivity contribution is 5.91. The summed E-state index contributed by atoms with van der Waals surface area (Å²) in [6.45, 7) is 4.84. The van der Waals surface area contributed by atoms with Crippen molar-refractivity contribution in [3.8, 4) is 28.0 Å². The second-order valence-electron chi connectivity index (χ2n) is 11.5. The molecule has 0 radical (unpaired) electrons. The van der Waals surface area contributed by atoms with E-state index in [2.05, 4.69) is 6.58 Å². The van der Waals surface area contributed by atoms with E-state index in [9.17, 15) is 4.79 Å². The van der Waals surface area contributed by atoms with E-state index in [1.165, 1.54) is 18.4 Å². The summed E-state index contributed by atoms with van der Waals surface area (Å²) in [5.74, 6) is -1.59. The average Bonchev–Trinajstić information content (AvgIpc) is 3.12. The molecule has 48 heavy (non-hydrogen) atoms. The minimum atomic E-state index is -0.934. The van der Waals surface area contributed by atoms with Crippen LogP contribution in [0, 0.1) is 17.0 Å². The number of methoxy groups -OCH3 is 1. The first-order chi connectivity index (χ1) is 23.4. The molecule has 0 saturated heterocycles. The van der Waals surface area contributed by atoms with E-state index in [0.717, 1.165) is 55.7 Å². The van der Waals surface area contributed by atoms with E-state index in [1.54, 1.807) is 31.4 Å². The first-order valence-corrected chi connectivity index (χ1v) is 16.3. The Morgan fingerprint density at radius 3 is 2.10 bits per heavy atom. The van der Waals surface area contributed by atoms with E-state index < -0.39 is 17.6 Å². The number of esters is 1. The lowest BCUT2D eigenvalue weighted by atomic mass is 9.94. The zero-order chi connectivity index (χ0) is 34.1. The molecule has 0 heterocycles. The molecule has 250 valence electrons. The summed E-state index contributed by atoms with van der Waals surface area (Å²) in [5.41, 5.74) is 4.81. The van der Waals surface area contributed by atoms with E-state index in [0.29, 0.717) is 35.5 Å². The number of benzene rings is 4. The summed E-state index contributed by atoms with van der Waals surface area (Å²) >= 11 is 0. The molecule has 0 saturated carbocycles. The van der Waals surface area contributed by atoms with E-state index in [1.807, 2.05) is 66.7 Å². The van der Waals surface area contributed by atoms with Crippen LogP contribution >= 0.6 is 0 Å². The van der Waals surface area contributed by atoms with Crippen molar-refractivity contribution in [2.45, 2.75) is 44.9 Å². The third-order valence-corrected chi connectivity index (χ3v) is 8.00. The van der Waals surface area contributed by atoms with Crippen molar-refractivity contribution in [3.63, 3.8) is 0 Å². The van der Waals surface area contributed by atoms with E-state index in [4.69, 9.17) is 19.6 Å². The summed E-state index contributed by atoms with van der Waals surface area (Å²) in [6, 6.07) is 23.7. The highest BCUT2D eigenvalue weighted by Crippen LogP contribution is 2.33. The average molecular weight is 652 g/mol. The van der Waals surface area contributed by atoms with Crippen LogP contribution in [-0.4, -0.2) is 39.1 Å². The minimum Gasteiger partial charge on any atom is -0.493 e. The molecule has 4 aromatic carbocycles. The molecule has 1 N–H and O–H groups in total. The van der Waals surface area contributed by atoms with Gasteiger partial charge in [0.05, 0.1) is 13.2 Å². The minimum absolute atomic E-state index is 0.113. The van der Waals surface area contributed by atoms with E-state index in [-0.39, 0.29) is 17.7 Å². The second-order valence-corrected chi connectivity index (χ2v) is 11.5. The quantitative estimate of drug-likeness (QED) is 0.0360. The van der Waals surface area contributed by atoms with Gasteiger partial charge in [0.15, 0.2) is 11.6 Å². The number of rotatable bonds is 19. The molecule has 0 amide bonds. The predicted octanol–water partition coefficient (Wildman–Crippen LogP) is 10.1. The first-order valence-electron chi connectivity index (χ1n) is 16.3. The molecule has 4 rings (SSSR count). The third kappa shape index (κ3) is 10.6. The fourth-order valence-electron chi connectivity index (χ4n) is 5.34. The highest BCUT2D eigenvalue weighted by Gasteiger charge is 2.18. The van der Waals surface area contributed by atoms with Gasteiger partial charge in [0.2, 0.25) is 0 Å². The molecule has 0 atom stereocenters. The molecule has 0 bridgehead atoms. The molecular weight excluding hydrogens is 608 g/mol. The Morgan fingerprint density at radius 2 is 1.38 bits per heavy atom. The molecule has 5 nitrogen and oxygen atoms in total. The fourth-order valence-corrected chi connectivity index (χ4v) is 5.34. The Balaban J connectivity index is 1.36. The van der Waals surface area contributed by atoms with Gasteiger partial charge < -0.3 is 19.6 Å². The molecule has 0 aliphatic rings. The molecule has 0 aromatic heterocycles. The molecule has 4 aromatic rings. The maximum absolute atomic E-state index is 15.5. The molecular formula is C41H43F2NO4. The van der Waals surface area contributed by atoms with Gasteiger partial charge in [-0.15, -0.1) is 0 Å². The van der Waals surface area contributed by atoms with Gasteiger partial charge in [-0.1, -0.05) is 98.7 Å². The van der Waals surface area contributed by atoms with Crippen LogP contribution in [0.2, 0.25) is 0 Å². The first kappa shape index (κ1) is 36.0. The van der Waals surface area contributed by atoms with Crippen LogP contribution in [0.15, 0.2) is 91.5 Å². The van der Waals surface area contributed by atoms with Crippen molar-refractivity contribution in [2.24, 2.45) is 0 Å². The fraction of sp³-hybridized carbons (Fsp3) is 0.268. The topological polar surface area (TPSA) is 68.6 Å². The zero-order valence-corrected chi connectivity index (χ0v) is 27.5. The lowest BCUT2D eigenvalue weighted by Crippen LogP contribution is -2.06. The second kappa shape index (κ2) is 19.1. The third-order valence-electron chi connectivity index (χ3n) is 8.00. The van der Waals surface area contributed by atoms with Crippen LogP contribution in [0.25, 0.3) is 34.4 Å². The molecule has 0 fully saturated rings. The number of carbonyl (C=O) groups excluding carboxylic acids is 1. The molecule has 0 aliphatic carbocycles. The van der Waals surface area contributed by atoms with Crippen LogP contribution in [-0.2, 0) is 20.7 Å². The standard InChI is InChI=1S/C41H43F2NO4/c1-3-39(45)48-27-9-26-47-35-20-15-31(16-21-35)11-12-32-17-22-36(34(28-32)29-44)38-24-23-37(40(42)41(38)43)33-18-13-30(14-19-33)10-7-5-4-6-8-25-46-2/h3,11-24,28-29,44H,1,4-10,25-27H2,2H3/b12-11+,44-29?. The lowest BCUT2D eigenvalue weighted by Gasteiger charge is -2.12. The van der Waals surface area contributed by atoms with Crippen molar-refractivity contribution in [1.82, 2.24) is 0 Å². The number of nitrogens with one attached hydrogen (secondary N) is 1. The SMILES string of the molecule is C=CC(=O)OCCCOc1ccc(/C=C/c2ccc(-c3ccc(-c4ccc(CCCCCCCOC)cc4)c(F)c3F)c(C=N)c2)cc1. The van der Waals surface area contributed by atoms with Gasteiger partial charge in [0.1, 0.15) is 5.75 Å². The van der Waals surface area contributed by atoms with Gasteiger partial charge in [-0.05, 0) is 65.3 Å². The Bertz CT molecular complexity index is 1680. The van der Waals surface area contributed by atoms with Crippen LogP contribution in [0.4, 0.5) is 8.78 Å². The predicted molar refractivity (Wildman–Crippen MR) is 190 cm³/mol. The number of unbranched alkanes of at least 4 members (excludes halogenated alkanes) is 4. The van der Waals surface area contributed by atoms with Crippen molar-refractivity contribution in [2.75, 3.05) is 26.9 Å². The maximum atomic E-state index is 15.5. The van der Waals surface area contributed by atoms with Crippen molar-refractivity contribution < 1.29 is 27.8 Å². The van der Waals surface area contributed by atoms with Crippen molar-refractivity contribution in [3.05, 3.63) is 125 Å². The maximum Gasteiger partial charge on any atom is 0.330 e. The van der Waals surface area contributed by atoms with Gasteiger partial charge in [-0.3, -0.25) is 0 Å². The number of ether oxygens (including phenoxy) is 3. The Hall–Kier alpha value is -4.88. The summed E-state index contributed by atoms with van der Waals surface area (Å²) in [4.78, 5) is 11.1. The summed E-state index contributed by atoms with van der Waals surface area (Å²) in [7, 11) is 1.73. The van der Waals surface area contributed by atoms with Crippen LogP contribution in [0.1, 0.15) is 60.8 Å². The van der Waals surface area contributed by atoms with Gasteiger partial charge in [-0.2, -0.15) is 0 Å². The van der Waals surface area contributed by atoms with E-state index >= 15 is 8.78 Å². The number of halogens is 2. The van der Waals surface area contributed by atoms with Gasteiger partial charge in [0, 0.05) is 49.1 Å². The highest BCUT2D eigenvalue weighted by atomic mass is 19.2. The molecule has 0 spiro atoms. The lowest BCUT2D eigenvalue weighted by molar-refractivity contribution is -0.137. The zero-order valence-electron chi connectivity index (χ0n) is 27.5. The smallest absolute Gasteiger partial charge is 0.330 e. The Labute approximate surface area is 282 Å². The number of carbonyl (C=O) groups is 1. The monoisotopic (exact) mass is 651 g/mol. The number of hydrogen-bond acceptors (Lipinski definition) is 5. The number of hydrogen-bond donors (Lipinski definition) is 1. The van der Waals surface area contributed by atoms with Crippen LogP contribution < -0.4 is 4.74 Å². The van der Waals surface area contributed by atoms with Crippen molar-refractivity contribution >= 4 is 24.3 Å². The van der Waals surface area contributed by atoms with Gasteiger partial charge >= 0.3 is 5.97 Å². The Morgan fingerprint density at radius 1 is 0.729 bits per heavy atom. The van der Waals surface area contributed by atoms with Gasteiger partial charge in [-0.25, -0.2) is 13.6 Å². The van der Waals surface area contributed by atoms with Gasteiger partial charge in [0.25, 0.3) is 0 Å².